The number of likely N-dealkylation sites (N-methyl/N-ethyl adjacent to an activating group) is 1. The van der Waals surface area contributed by atoms with Gasteiger partial charge in [0.1, 0.15) is 5.75 Å². The number of phenolic OH excluding ortho intramolecular Hbond substituents is 1. The van der Waals surface area contributed by atoms with Crippen LogP contribution in [0.25, 0.3) is 6.08 Å². The standard InChI is InChI=1S/C13H17NO2/c1-3-14(4-2)13(16)10-9-11-7-5-6-8-12(11)15/h5-10,15H,3-4H2,1-2H3. The zero-order valence-corrected chi connectivity index (χ0v) is 9.68. The number of hydrogen-bond acceptors (Lipinski definition) is 2. The number of aromatic hydroxyl groups is 1. The van der Waals surface area contributed by atoms with E-state index in [1.807, 2.05) is 19.9 Å². The summed E-state index contributed by atoms with van der Waals surface area (Å²) >= 11 is 0. The van der Waals surface area contributed by atoms with Crippen molar-refractivity contribution in [3.63, 3.8) is 0 Å². The zero-order valence-electron chi connectivity index (χ0n) is 9.68. The van der Waals surface area contributed by atoms with Gasteiger partial charge in [-0.2, -0.15) is 0 Å². The van der Waals surface area contributed by atoms with Gasteiger partial charge in [-0.05, 0) is 26.0 Å². The molecule has 1 amide bonds. The van der Waals surface area contributed by atoms with Crippen molar-refractivity contribution >= 4 is 12.0 Å². The number of carbonyl (C=O) groups excluding carboxylic acids is 1. The van der Waals surface area contributed by atoms with Crippen molar-refractivity contribution in [2.24, 2.45) is 0 Å². The minimum absolute atomic E-state index is 0.0340. The summed E-state index contributed by atoms with van der Waals surface area (Å²) in [6, 6.07) is 6.93. The molecule has 0 unspecified atom stereocenters. The van der Waals surface area contributed by atoms with Crippen LogP contribution in [0.4, 0.5) is 0 Å². The van der Waals surface area contributed by atoms with Crippen molar-refractivity contribution in [3.05, 3.63) is 35.9 Å². The van der Waals surface area contributed by atoms with Crippen LogP contribution in [0, 0.1) is 0 Å². The second-order valence-electron chi connectivity index (χ2n) is 3.40. The molecule has 0 atom stereocenters. The van der Waals surface area contributed by atoms with E-state index >= 15 is 0 Å². The number of carbonyl (C=O) groups is 1. The Morgan fingerprint density at radius 2 is 1.94 bits per heavy atom. The van der Waals surface area contributed by atoms with E-state index in [-0.39, 0.29) is 11.7 Å². The summed E-state index contributed by atoms with van der Waals surface area (Å²) in [5.41, 5.74) is 0.656. The maximum atomic E-state index is 11.6. The maximum absolute atomic E-state index is 11.6. The minimum Gasteiger partial charge on any atom is -0.507 e. The summed E-state index contributed by atoms with van der Waals surface area (Å²) in [5.74, 6) is 0.152. The lowest BCUT2D eigenvalue weighted by atomic mass is 10.2. The molecule has 16 heavy (non-hydrogen) atoms. The van der Waals surface area contributed by atoms with Gasteiger partial charge in [0.05, 0.1) is 0 Å². The number of para-hydroxylation sites is 1. The van der Waals surface area contributed by atoms with E-state index in [9.17, 15) is 9.90 Å². The largest absolute Gasteiger partial charge is 0.507 e. The Kier molecular flexibility index (Phi) is 4.58. The second kappa shape index (κ2) is 5.95. The van der Waals surface area contributed by atoms with Crippen molar-refractivity contribution in [2.45, 2.75) is 13.8 Å². The highest BCUT2D eigenvalue weighted by Crippen LogP contribution is 2.16. The Labute approximate surface area is 96.0 Å². The Hall–Kier alpha value is -1.77. The summed E-state index contributed by atoms with van der Waals surface area (Å²) in [6.45, 7) is 5.27. The summed E-state index contributed by atoms with van der Waals surface area (Å²) in [4.78, 5) is 13.4. The number of phenols is 1. The molecule has 0 radical (unpaired) electrons. The van der Waals surface area contributed by atoms with Crippen LogP contribution in [0.5, 0.6) is 5.75 Å². The maximum Gasteiger partial charge on any atom is 0.246 e. The molecular weight excluding hydrogens is 202 g/mol. The number of nitrogens with zero attached hydrogens (tertiary/aromatic N) is 1. The molecule has 0 spiro atoms. The molecule has 0 aliphatic heterocycles. The third kappa shape index (κ3) is 3.12. The molecule has 3 nitrogen and oxygen atoms in total. The molecular formula is C13H17NO2. The highest BCUT2D eigenvalue weighted by atomic mass is 16.3. The average molecular weight is 219 g/mol. The number of amides is 1. The van der Waals surface area contributed by atoms with Gasteiger partial charge in [-0.1, -0.05) is 18.2 Å². The van der Waals surface area contributed by atoms with Gasteiger partial charge >= 0.3 is 0 Å². The molecule has 1 aromatic rings. The highest BCUT2D eigenvalue weighted by Gasteiger charge is 2.04. The number of hydrogen-bond donors (Lipinski definition) is 1. The summed E-state index contributed by atoms with van der Waals surface area (Å²) < 4.78 is 0. The smallest absolute Gasteiger partial charge is 0.246 e. The van der Waals surface area contributed by atoms with E-state index in [0.29, 0.717) is 18.7 Å². The Morgan fingerprint density at radius 1 is 1.31 bits per heavy atom. The fraction of sp³-hybridized carbons (Fsp3) is 0.308. The van der Waals surface area contributed by atoms with E-state index in [0.717, 1.165) is 0 Å². The average Bonchev–Trinajstić information content (AvgIpc) is 2.29. The lowest BCUT2D eigenvalue weighted by Crippen LogP contribution is -2.28. The normalized spacial score (nSPS) is 10.6. The molecule has 1 aromatic carbocycles. The molecule has 0 aliphatic carbocycles. The first-order chi connectivity index (χ1) is 7.69. The molecule has 0 fully saturated rings. The van der Waals surface area contributed by atoms with Crippen molar-refractivity contribution in [1.29, 1.82) is 0 Å². The Balaban J connectivity index is 2.74. The molecule has 86 valence electrons. The van der Waals surface area contributed by atoms with Gasteiger partial charge in [-0.15, -0.1) is 0 Å². The van der Waals surface area contributed by atoms with Gasteiger partial charge < -0.3 is 10.0 Å². The topological polar surface area (TPSA) is 40.5 Å². The Morgan fingerprint density at radius 3 is 2.50 bits per heavy atom. The quantitative estimate of drug-likeness (QED) is 0.789. The first-order valence-corrected chi connectivity index (χ1v) is 5.44. The number of rotatable bonds is 4. The SMILES string of the molecule is CCN(CC)C(=O)C=Cc1ccccc1O. The van der Waals surface area contributed by atoms with Gasteiger partial charge in [-0.3, -0.25) is 4.79 Å². The third-order valence-corrected chi connectivity index (χ3v) is 2.42. The van der Waals surface area contributed by atoms with E-state index < -0.39 is 0 Å². The predicted molar refractivity (Wildman–Crippen MR) is 65.1 cm³/mol. The second-order valence-corrected chi connectivity index (χ2v) is 3.40. The number of benzene rings is 1. The van der Waals surface area contributed by atoms with Gasteiger partial charge in [0, 0.05) is 24.7 Å². The molecule has 0 aliphatic rings. The van der Waals surface area contributed by atoms with Gasteiger partial charge in [0.2, 0.25) is 5.91 Å². The highest BCUT2D eigenvalue weighted by molar-refractivity contribution is 5.92. The summed E-state index contributed by atoms with van der Waals surface area (Å²) in [6.07, 6.45) is 3.12. The lowest BCUT2D eigenvalue weighted by Gasteiger charge is -2.15. The monoisotopic (exact) mass is 219 g/mol. The van der Waals surface area contributed by atoms with Gasteiger partial charge in [-0.25, -0.2) is 0 Å². The molecule has 3 heteroatoms. The minimum atomic E-state index is -0.0340. The van der Waals surface area contributed by atoms with Crippen LogP contribution >= 0.6 is 0 Å². The van der Waals surface area contributed by atoms with Crippen LogP contribution in [-0.4, -0.2) is 29.0 Å². The fourth-order valence-corrected chi connectivity index (χ4v) is 1.43. The van der Waals surface area contributed by atoms with Crippen molar-refractivity contribution in [1.82, 2.24) is 4.90 Å². The van der Waals surface area contributed by atoms with Crippen LogP contribution in [-0.2, 0) is 4.79 Å². The first-order valence-electron chi connectivity index (χ1n) is 5.44. The molecule has 0 aromatic heterocycles. The van der Waals surface area contributed by atoms with Gasteiger partial charge in [0.25, 0.3) is 0 Å². The lowest BCUT2D eigenvalue weighted by molar-refractivity contribution is -0.125. The summed E-state index contributed by atoms with van der Waals surface area (Å²) in [7, 11) is 0. The molecule has 0 heterocycles. The van der Waals surface area contributed by atoms with Crippen molar-refractivity contribution in [3.8, 4) is 5.75 Å². The van der Waals surface area contributed by atoms with E-state index in [1.54, 1.807) is 29.2 Å². The fourth-order valence-electron chi connectivity index (χ4n) is 1.43. The van der Waals surface area contributed by atoms with Crippen LogP contribution in [0.1, 0.15) is 19.4 Å². The third-order valence-electron chi connectivity index (χ3n) is 2.42. The van der Waals surface area contributed by atoms with Gasteiger partial charge in [0.15, 0.2) is 0 Å². The van der Waals surface area contributed by atoms with Crippen LogP contribution in [0.2, 0.25) is 0 Å². The van der Waals surface area contributed by atoms with E-state index in [2.05, 4.69) is 0 Å². The van der Waals surface area contributed by atoms with E-state index in [1.165, 1.54) is 6.08 Å². The van der Waals surface area contributed by atoms with E-state index in [4.69, 9.17) is 0 Å². The first kappa shape index (κ1) is 12.3. The van der Waals surface area contributed by atoms with Crippen LogP contribution in [0.3, 0.4) is 0 Å². The molecule has 0 bridgehead atoms. The molecule has 1 rings (SSSR count). The molecule has 0 saturated heterocycles. The predicted octanol–water partition coefficient (Wildman–Crippen LogP) is 2.27. The van der Waals surface area contributed by atoms with Crippen LogP contribution < -0.4 is 0 Å². The zero-order chi connectivity index (χ0) is 12.0. The van der Waals surface area contributed by atoms with Crippen molar-refractivity contribution < 1.29 is 9.90 Å². The Bertz CT molecular complexity index is 381. The molecule has 1 N–H and O–H groups in total. The molecule has 0 saturated carbocycles. The van der Waals surface area contributed by atoms with Crippen molar-refractivity contribution in [2.75, 3.05) is 13.1 Å². The van der Waals surface area contributed by atoms with Crippen LogP contribution in [0.15, 0.2) is 30.3 Å². The summed E-state index contributed by atoms with van der Waals surface area (Å²) in [5, 5.41) is 9.50.